The Morgan fingerprint density at radius 2 is 1.89 bits per heavy atom. The van der Waals surface area contributed by atoms with E-state index in [1.807, 2.05) is 6.07 Å². The first-order valence-electron chi connectivity index (χ1n) is 13.0. The molecule has 0 radical (unpaired) electrons. The standard InChI is InChI=1S/C27H41N3O5/c1-18-14-30(15-20-5-6-20)19(2)17-35-24-8-7-22(28-26(31)21-9-11-34-12-10-21)13-23(24)27(32)29(3)16-25(18)33-4/h7-8,13,18-21,25H,5-6,9-12,14-17H2,1-4H3,(H,28,31)/t18-,19-,25+/m1/s1. The minimum absolute atomic E-state index is 0.0271. The summed E-state index contributed by atoms with van der Waals surface area (Å²) in [5.74, 6) is 1.35. The van der Waals surface area contributed by atoms with Gasteiger partial charge in [-0.15, -0.1) is 0 Å². The number of nitrogens with one attached hydrogen (secondary N) is 1. The molecule has 2 aliphatic heterocycles. The number of benzene rings is 1. The van der Waals surface area contributed by atoms with Crippen molar-refractivity contribution in [2.24, 2.45) is 17.8 Å². The molecule has 194 valence electrons. The zero-order valence-corrected chi connectivity index (χ0v) is 21.6. The van der Waals surface area contributed by atoms with E-state index in [2.05, 4.69) is 24.1 Å². The quantitative estimate of drug-likeness (QED) is 0.687. The van der Waals surface area contributed by atoms with Gasteiger partial charge in [0.05, 0.1) is 11.7 Å². The molecular formula is C27H41N3O5. The second-order valence-corrected chi connectivity index (χ2v) is 10.6. The summed E-state index contributed by atoms with van der Waals surface area (Å²) in [4.78, 5) is 30.5. The van der Waals surface area contributed by atoms with Gasteiger partial charge in [0.15, 0.2) is 0 Å². The molecule has 2 heterocycles. The Morgan fingerprint density at radius 3 is 2.57 bits per heavy atom. The Bertz CT molecular complexity index is 884. The first-order chi connectivity index (χ1) is 16.9. The number of hydrogen-bond donors (Lipinski definition) is 1. The normalized spacial score (nSPS) is 27.4. The molecule has 0 bridgehead atoms. The van der Waals surface area contributed by atoms with Crippen LogP contribution in [0.4, 0.5) is 5.69 Å². The van der Waals surface area contributed by atoms with Crippen molar-refractivity contribution >= 4 is 17.5 Å². The molecule has 35 heavy (non-hydrogen) atoms. The highest BCUT2D eigenvalue weighted by molar-refractivity contribution is 5.99. The first-order valence-corrected chi connectivity index (χ1v) is 13.0. The lowest BCUT2D eigenvalue weighted by atomic mass is 9.99. The third kappa shape index (κ3) is 6.74. The highest BCUT2D eigenvalue weighted by atomic mass is 16.5. The summed E-state index contributed by atoms with van der Waals surface area (Å²) in [5.41, 5.74) is 1.07. The number of fused-ring (bicyclic) bond motifs is 1. The highest BCUT2D eigenvalue weighted by Gasteiger charge is 2.32. The Labute approximate surface area is 209 Å². The number of rotatable bonds is 5. The molecule has 1 N–H and O–H groups in total. The largest absolute Gasteiger partial charge is 0.491 e. The Morgan fingerprint density at radius 1 is 1.14 bits per heavy atom. The van der Waals surface area contributed by atoms with E-state index >= 15 is 0 Å². The van der Waals surface area contributed by atoms with Gasteiger partial charge in [-0.05, 0) is 62.6 Å². The van der Waals surface area contributed by atoms with Gasteiger partial charge in [0, 0.05) is 64.7 Å². The van der Waals surface area contributed by atoms with E-state index in [0.717, 1.165) is 19.0 Å². The minimum atomic E-state index is -0.139. The lowest BCUT2D eigenvalue weighted by molar-refractivity contribution is -0.122. The molecule has 3 atom stereocenters. The molecule has 1 aliphatic carbocycles. The number of likely N-dealkylation sites (N-methyl/N-ethyl adjacent to an activating group) is 1. The molecule has 2 fully saturated rings. The van der Waals surface area contributed by atoms with Crippen LogP contribution in [-0.4, -0.2) is 87.4 Å². The van der Waals surface area contributed by atoms with Gasteiger partial charge in [-0.1, -0.05) is 6.92 Å². The predicted molar refractivity (Wildman–Crippen MR) is 135 cm³/mol. The van der Waals surface area contributed by atoms with Crippen molar-refractivity contribution in [3.8, 4) is 5.75 Å². The van der Waals surface area contributed by atoms with Crippen molar-refractivity contribution in [2.45, 2.75) is 51.7 Å². The fraction of sp³-hybridized carbons (Fsp3) is 0.704. The number of amides is 2. The zero-order valence-electron chi connectivity index (χ0n) is 21.6. The number of anilines is 1. The molecule has 2 amide bonds. The number of hydrogen-bond acceptors (Lipinski definition) is 6. The molecule has 0 spiro atoms. The SMILES string of the molecule is CO[C@H]1CN(C)C(=O)c2cc(NC(=O)C3CCOCC3)ccc2OC[C@@H](C)N(CC2CC2)C[C@H]1C. The van der Waals surface area contributed by atoms with Crippen molar-refractivity contribution in [1.29, 1.82) is 0 Å². The molecule has 0 unspecified atom stereocenters. The molecule has 1 aromatic rings. The maximum Gasteiger partial charge on any atom is 0.257 e. The molecule has 1 saturated heterocycles. The molecule has 8 heteroatoms. The number of nitrogens with zero attached hydrogens (tertiary/aromatic N) is 2. The van der Waals surface area contributed by atoms with Crippen molar-refractivity contribution in [3.63, 3.8) is 0 Å². The summed E-state index contributed by atoms with van der Waals surface area (Å²) in [6.07, 6.45) is 3.96. The summed E-state index contributed by atoms with van der Waals surface area (Å²) in [6.45, 7) is 8.57. The van der Waals surface area contributed by atoms with Crippen LogP contribution in [0.3, 0.4) is 0 Å². The highest BCUT2D eigenvalue weighted by Crippen LogP contribution is 2.32. The van der Waals surface area contributed by atoms with Crippen molar-refractivity contribution in [3.05, 3.63) is 23.8 Å². The molecule has 1 aromatic carbocycles. The van der Waals surface area contributed by atoms with Crippen LogP contribution in [0.1, 0.15) is 49.9 Å². The van der Waals surface area contributed by atoms with Crippen LogP contribution in [0, 0.1) is 17.8 Å². The van der Waals surface area contributed by atoms with Crippen LogP contribution < -0.4 is 10.1 Å². The minimum Gasteiger partial charge on any atom is -0.491 e. The topological polar surface area (TPSA) is 80.3 Å². The summed E-state index contributed by atoms with van der Waals surface area (Å²) >= 11 is 0. The Balaban J connectivity index is 1.57. The average Bonchev–Trinajstić information content (AvgIpc) is 3.69. The van der Waals surface area contributed by atoms with E-state index < -0.39 is 0 Å². The summed E-state index contributed by atoms with van der Waals surface area (Å²) < 4.78 is 17.5. The fourth-order valence-corrected chi connectivity index (χ4v) is 5.02. The second kappa shape index (κ2) is 11.7. The molecule has 4 rings (SSSR count). The first kappa shape index (κ1) is 25.9. The van der Waals surface area contributed by atoms with Gasteiger partial charge in [0.2, 0.25) is 5.91 Å². The Kier molecular flexibility index (Phi) is 8.68. The van der Waals surface area contributed by atoms with E-state index in [0.29, 0.717) is 56.2 Å². The number of carbonyl (C=O) groups is 2. The maximum absolute atomic E-state index is 13.5. The van der Waals surface area contributed by atoms with E-state index in [4.69, 9.17) is 14.2 Å². The smallest absolute Gasteiger partial charge is 0.257 e. The van der Waals surface area contributed by atoms with Gasteiger partial charge in [-0.3, -0.25) is 14.5 Å². The van der Waals surface area contributed by atoms with Crippen LogP contribution in [-0.2, 0) is 14.3 Å². The van der Waals surface area contributed by atoms with Crippen molar-refractivity contribution < 1.29 is 23.8 Å². The molecule has 1 saturated carbocycles. The number of carbonyl (C=O) groups excluding carboxylic acids is 2. The van der Waals surface area contributed by atoms with Crippen LogP contribution >= 0.6 is 0 Å². The predicted octanol–water partition coefficient (Wildman–Crippen LogP) is 3.27. The Hall–Kier alpha value is -2.16. The molecule has 8 nitrogen and oxygen atoms in total. The lowest BCUT2D eigenvalue weighted by Gasteiger charge is -2.36. The van der Waals surface area contributed by atoms with Gasteiger partial charge in [0.25, 0.3) is 5.91 Å². The zero-order chi connectivity index (χ0) is 24.9. The van der Waals surface area contributed by atoms with Gasteiger partial charge in [-0.2, -0.15) is 0 Å². The molecule has 3 aliphatic rings. The molecular weight excluding hydrogens is 446 g/mol. The van der Waals surface area contributed by atoms with E-state index in [9.17, 15) is 9.59 Å². The van der Waals surface area contributed by atoms with Gasteiger partial charge < -0.3 is 24.4 Å². The van der Waals surface area contributed by atoms with Gasteiger partial charge in [-0.25, -0.2) is 0 Å². The van der Waals surface area contributed by atoms with Crippen molar-refractivity contribution in [2.75, 3.05) is 58.9 Å². The van der Waals surface area contributed by atoms with E-state index in [1.54, 1.807) is 31.2 Å². The number of methoxy groups -OCH3 is 1. The monoisotopic (exact) mass is 487 g/mol. The summed E-state index contributed by atoms with van der Waals surface area (Å²) in [5, 5.41) is 3.00. The van der Waals surface area contributed by atoms with E-state index in [-0.39, 0.29) is 35.8 Å². The van der Waals surface area contributed by atoms with Crippen LogP contribution in [0.2, 0.25) is 0 Å². The average molecular weight is 488 g/mol. The summed E-state index contributed by atoms with van der Waals surface area (Å²) in [6, 6.07) is 5.58. The van der Waals surface area contributed by atoms with Gasteiger partial charge >= 0.3 is 0 Å². The maximum atomic E-state index is 13.5. The summed E-state index contributed by atoms with van der Waals surface area (Å²) in [7, 11) is 3.52. The van der Waals surface area contributed by atoms with Crippen LogP contribution in [0.25, 0.3) is 0 Å². The lowest BCUT2D eigenvalue weighted by Crippen LogP contribution is -2.47. The van der Waals surface area contributed by atoms with Gasteiger partial charge in [0.1, 0.15) is 12.4 Å². The van der Waals surface area contributed by atoms with Crippen LogP contribution in [0.15, 0.2) is 18.2 Å². The number of ether oxygens (including phenoxy) is 3. The van der Waals surface area contributed by atoms with Crippen molar-refractivity contribution in [1.82, 2.24) is 9.80 Å². The second-order valence-electron chi connectivity index (χ2n) is 10.6. The third-order valence-electron chi connectivity index (χ3n) is 7.62. The fourth-order valence-electron chi connectivity index (χ4n) is 5.02. The van der Waals surface area contributed by atoms with Crippen LogP contribution in [0.5, 0.6) is 5.75 Å². The third-order valence-corrected chi connectivity index (χ3v) is 7.62. The van der Waals surface area contributed by atoms with E-state index in [1.165, 1.54) is 12.8 Å². The molecule has 0 aromatic heterocycles.